The van der Waals surface area contributed by atoms with Gasteiger partial charge >= 0.3 is 5.97 Å². The zero-order chi connectivity index (χ0) is 16.3. The Labute approximate surface area is 134 Å². The van der Waals surface area contributed by atoms with Gasteiger partial charge in [0.05, 0.1) is 22.9 Å². The first-order chi connectivity index (χ1) is 10.5. The van der Waals surface area contributed by atoms with Crippen molar-refractivity contribution in [2.45, 2.75) is 13.8 Å². The summed E-state index contributed by atoms with van der Waals surface area (Å²) in [6.45, 7) is 7.93. The molecule has 5 nitrogen and oxygen atoms in total. The number of aromatic nitrogens is 2. The molecule has 0 saturated heterocycles. The van der Waals surface area contributed by atoms with Gasteiger partial charge in [-0.25, -0.2) is 4.79 Å². The third-order valence-electron chi connectivity index (χ3n) is 3.24. The fourth-order valence-electron chi connectivity index (χ4n) is 2.19. The van der Waals surface area contributed by atoms with Gasteiger partial charge in [-0.1, -0.05) is 6.58 Å². The SMILES string of the molecule is C=C/C(=N\C)c1cc(-c2cc(C(=O)OCC)nn2C)c(C)s1. The number of carbonyl (C=O) groups is 1. The minimum atomic E-state index is -0.403. The lowest BCUT2D eigenvalue weighted by Crippen LogP contribution is -2.05. The number of hydrogen-bond donors (Lipinski definition) is 0. The number of aliphatic imine (C=N–C) groups is 1. The molecule has 116 valence electrons. The zero-order valence-electron chi connectivity index (χ0n) is 13.2. The molecular formula is C16H19N3O2S. The highest BCUT2D eigenvalue weighted by Gasteiger charge is 2.18. The molecule has 0 aromatic carbocycles. The van der Waals surface area contributed by atoms with E-state index in [4.69, 9.17) is 4.74 Å². The van der Waals surface area contributed by atoms with Crippen LogP contribution in [0.25, 0.3) is 11.3 Å². The van der Waals surface area contributed by atoms with Crippen LogP contribution in [0.3, 0.4) is 0 Å². The second kappa shape index (κ2) is 6.70. The fraction of sp³-hybridized carbons (Fsp3) is 0.312. The molecule has 0 atom stereocenters. The monoisotopic (exact) mass is 317 g/mol. The molecule has 0 aliphatic heterocycles. The molecule has 22 heavy (non-hydrogen) atoms. The summed E-state index contributed by atoms with van der Waals surface area (Å²) in [7, 11) is 3.56. The second-order valence-corrected chi connectivity index (χ2v) is 5.91. The number of hydrogen-bond acceptors (Lipinski definition) is 5. The molecule has 0 N–H and O–H groups in total. The Hall–Kier alpha value is -2.21. The quantitative estimate of drug-likeness (QED) is 0.628. The molecule has 2 rings (SSSR count). The predicted octanol–water partition coefficient (Wildman–Crippen LogP) is 3.24. The molecule has 0 unspecified atom stereocenters. The lowest BCUT2D eigenvalue weighted by molar-refractivity contribution is 0.0518. The van der Waals surface area contributed by atoms with Crippen LogP contribution >= 0.6 is 11.3 Å². The maximum absolute atomic E-state index is 11.8. The molecule has 0 amide bonds. The van der Waals surface area contributed by atoms with E-state index < -0.39 is 5.97 Å². The lowest BCUT2D eigenvalue weighted by Gasteiger charge is -1.99. The normalized spacial score (nSPS) is 11.5. The Kier molecular flexibility index (Phi) is 4.92. The number of thiophene rings is 1. The van der Waals surface area contributed by atoms with Crippen molar-refractivity contribution in [3.05, 3.63) is 40.2 Å². The zero-order valence-corrected chi connectivity index (χ0v) is 14.0. The summed E-state index contributed by atoms with van der Waals surface area (Å²) in [5, 5.41) is 4.24. The first-order valence-electron chi connectivity index (χ1n) is 6.93. The topological polar surface area (TPSA) is 56.5 Å². The molecule has 2 heterocycles. The average molecular weight is 317 g/mol. The van der Waals surface area contributed by atoms with Gasteiger partial charge in [0.15, 0.2) is 5.69 Å². The summed E-state index contributed by atoms with van der Waals surface area (Å²) in [5.41, 5.74) is 3.09. The minimum Gasteiger partial charge on any atom is -0.461 e. The number of esters is 1. The highest BCUT2D eigenvalue weighted by atomic mass is 32.1. The highest BCUT2D eigenvalue weighted by molar-refractivity contribution is 7.14. The number of allylic oxidation sites excluding steroid dienone is 1. The molecule has 0 fully saturated rings. The molecular weight excluding hydrogens is 298 g/mol. The molecule has 0 bridgehead atoms. The van der Waals surface area contributed by atoms with Crippen LogP contribution in [0.15, 0.2) is 29.8 Å². The van der Waals surface area contributed by atoms with Crippen LogP contribution in [-0.4, -0.2) is 35.1 Å². The number of rotatable bonds is 5. The van der Waals surface area contributed by atoms with Crippen molar-refractivity contribution in [1.29, 1.82) is 0 Å². The standard InChI is InChI=1S/C16H19N3O2S/c1-6-12(17-4)15-8-11(10(3)22-15)14-9-13(18-19(14)5)16(20)21-7-2/h6,8-9H,1,7H2,2-5H3/b17-12+. The van der Waals surface area contributed by atoms with Crippen LogP contribution in [0, 0.1) is 6.92 Å². The van der Waals surface area contributed by atoms with Gasteiger partial charge in [0.25, 0.3) is 0 Å². The Morgan fingerprint density at radius 3 is 2.86 bits per heavy atom. The Morgan fingerprint density at radius 1 is 1.55 bits per heavy atom. The molecule has 0 aliphatic carbocycles. The maximum atomic E-state index is 11.8. The first-order valence-corrected chi connectivity index (χ1v) is 7.75. The van der Waals surface area contributed by atoms with Gasteiger partial charge in [-0.3, -0.25) is 9.67 Å². The molecule has 6 heteroatoms. The molecule has 0 radical (unpaired) electrons. The Morgan fingerprint density at radius 2 is 2.27 bits per heavy atom. The summed E-state index contributed by atoms with van der Waals surface area (Å²) in [5.74, 6) is -0.403. The number of ether oxygens (including phenoxy) is 1. The second-order valence-electron chi connectivity index (χ2n) is 4.65. The van der Waals surface area contributed by atoms with Crippen molar-refractivity contribution in [2.24, 2.45) is 12.0 Å². The number of nitrogens with zero attached hydrogens (tertiary/aromatic N) is 3. The van der Waals surface area contributed by atoms with Crippen molar-refractivity contribution >= 4 is 23.0 Å². The smallest absolute Gasteiger partial charge is 0.358 e. The van der Waals surface area contributed by atoms with Gasteiger partial charge in [-0.2, -0.15) is 5.10 Å². The van der Waals surface area contributed by atoms with Crippen LogP contribution in [0.1, 0.15) is 27.2 Å². The van der Waals surface area contributed by atoms with Crippen LogP contribution < -0.4 is 0 Å². The fourth-order valence-corrected chi connectivity index (χ4v) is 3.25. The van der Waals surface area contributed by atoms with E-state index in [0.717, 1.165) is 26.7 Å². The average Bonchev–Trinajstić information content (AvgIpc) is 3.04. The summed E-state index contributed by atoms with van der Waals surface area (Å²) in [6, 6.07) is 3.81. The van der Waals surface area contributed by atoms with Crippen LogP contribution in [0.2, 0.25) is 0 Å². The van der Waals surface area contributed by atoms with E-state index in [9.17, 15) is 4.79 Å². The van der Waals surface area contributed by atoms with Gasteiger partial charge in [0.1, 0.15) is 0 Å². The highest BCUT2D eigenvalue weighted by Crippen LogP contribution is 2.32. The van der Waals surface area contributed by atoms with Crippen molar-refractivity contribution in [1.82, 2.24) is 9.78 Å². The minimum absolute atomic E-state index is 0.319. The van der Waals surface area contributed by atoms with E-state index in [2.05, 4.69) is 22.7 Å². The maximum Gasteiger partial charge on any atom is 0.358 e. The Bertz CT molecular complexity index is 741. The van der Waals surface area contributed by atoms with Crippen molar-refractivity contribution in [2.75, 3.05) is 13.7 Å². The van der Waals surface area contributed by atoms with Gasteiger partial charge in [-0.05, 0) is 32.1 Å². The largest absolute Gasteiger partial charge is 0.461 e. The van der Waals surface area contributed by atoms with Gasteiger partial charge in [0, 0.05) is 24.5 Å². The number of aryl methyl sites for hydroxylation is 2. The van der Waals surface area contributed by atoms with Crippen molar-refractivity contribution in [3.8, 4) is 11.3 Å². The van der Waals surface area contributed by atoms with E-state index in [1.165, 1.54) is 0 Å². The summed E-state index contributed by atoms with van der Waals surface area (Å²) < 4.78 is 6.69. The summed E-state index contributed by atoms with van der Waals surface area (Å²) in [4.78, 5) is 18.2. The Balaban J connectivity index is 2.45. The van der Waals surface area contributed by atoms with E-state index in [0.29, 0.717) is 12.3 Å². The lowest BCUT2D eigenvalue weighted by atomic mass is 10.1. The van der Waals surface area contributed by atoms with Crippen LogP contribution in [-0.2, 0) is 11.8 Å². The summed E-state index contributed by atoms with van der Waals surface area (Å²) >= 11 is 1.64. The molecule has 2 aromatic rings. The van der Waals surface area contributed by atoms with Crippen molar-refractivity contribution in [3.63, 3.8) is 0 Å². The van der Waals surface area contributed by atoms with Crippen molar-refractivity contribution < 1.29 is 9.53 Å². The van der Waals surface area contributed by atoms with Gasteiger partial charge in [0.2, 0.25) is 0 Å². The summed E-state index contributed by atoms with van der Waals surface area (Å²) in [6.07, 6.45) is 1.74. The van der Waals surface area contributed by atoms with Crippen LogP contribution in [0.5, 0.6) is 0 Å². The third-order valence-corrected chi connectivity index (χ3v) is 4.32. The molecule has 0 spiro atoms. The number of carbonyl (C=O) groups excluding carboxylic acids is 1. The van der Waals surface area contributed by atoms with Crippen LogP contribution in [0.4, 0.5) is 0 Å². The first kappa shape index (κ1) is 16.2. The van der Waals surface area contributed by atoms with E-state index in [-0.39, 0.29) is 0 Å². The van der Waals surface area contributed by atoms with E-state index in [1.54, 1.807) is 42.1 Å². The van der Waals surface area contributed by atoms with Gasteiger partial charge < -0.3 is 4.74 Å². The van der Waals surface area contributed by atoms with E-state index >= 15 is 0 Å². The molecule has 0 saturated carbocycles. The molecule has 0 aliphatic rings. The van der Waals surface area contributed by atoms with E-state index in [1.807, 2.05) is 14.0 Å². The predicted molar refractivity (Wildman–Crippen MR) is 89.9 cm³/mol. The van der Waals surface area contributed by atoms with Gasteiger partial charge in [-0.15, -0.1) is 11.3 Å². The molecule has 2 aromatic heterocycles. The third kappa shape index (κ3) is 3.01.